The number of anilines is 1. The molecule has 166 valence electrons. The maximum Gasteiger partial charge on any atom is 0.339 e. The van der Waals surface area contributed by atoms with Crippen LogP contribution in [0.25, 0.3) is 0 Å². The smallest absolute Gasteiger partial charge is 0.339 e. The molecule has 1 aromatic heterocycles. The number of benzene rings is 1. The Morgan fingerprint density at radius 3 is 2.42 bits per heavy atom. The summed E-state index contributed by atoms with van der Waals surface area (Å²) in [5.41, 5.74) is 0.990. The van der Waals surface area contributed by atoms with E-state index in [-0.39, 0.29) is 11.9 Å². The molecule has 1 fully saturated rings. The van der Waals surface area contributed by atoms with E-state index in [4.69, 9.17) is 14.2 Å². The van der Waals surface area contributed by atoms with E-state index in [2.05, 4.69) is 9.88 Å². The standard InChI is InChI=1S/C23H29N3O5/c1-3-29-15-16-31-20-8-6-5-7-19(20)22(27)26-13-11-25(12-14-26)21-10-9-18(17-24-21)23(28)30-4-2/h5-10,17H,3-4,11-16H2,1-2H3. The maximum atomic E-state index is 13.1. The van der Waals surface area contributed by atoms with Crippen LogP contribution in [0.15, 0.2) is 42.6 Å². The summed E-state index contributed by atoms with van der Waals surface area (Å²) in [6, 6.07) is 10.8. The Bertz CT molecular complexity index is 864. The number of ether oxygens (including phenoxy) is 3. The van der Waals surface area contributed by atoms with Gasteiger partial charge in [0, 0.05) is 39.0 Å². The van der Waals surface area contributed by atoms with Gasteiger partial charge in [-0.25, -0.2) is 9.78 Å². The van der Waals surface area contributed by atoms with Crippen LogP contribution in [0, 0.1) is 0 Å². The van der Waals surface area contributed by atoms with E-state index in [9.17, 15) is 9.59 Å². The van der Waals surface area contributed by atoms with E-state index in [1.807, 2.05) is 36.1 Å². The number of hydrogen-bond donors (Lipinski definition) is 0. The highest BCUT2D eigenvalue weighted by molar-refractivity contribution is 5.97. The maximum absolute atomic E-state index is 13.1. The first-order valence-corrected chi connectivity index (χ1v) is 10.6. The van der Waals surface area contributed by atoms with E-state index in [1.165, 1.54) is 6.20 Å². The van der Waals surface area contributed by atoms with Crippen LogP contribution < -0.4 is 9.64 Å². The van der Waals surface area contributed by atoms with Crippen LogP contribution in [-0.4, -0.2) is 74.4 Å². The number of para-hydroxylation sites is 1. The van der Waals surface area contributed by atoms with E-state index >= 15 is 0 Å². The van der Waals surface area contributed by atoms with Crippen molar-refractivity contribution in [2.45, 2.75) is 13.8 Å². The molecule has 0 unspecified atom stereocenters. The van der Waals surface area contributed by atoms with Crippen molar-refractivity contribution in [1.82, 2.24) is 9.88 Å². The molecule has 31 heavy (non-hydrogen) atoms. The summed E-state index contributed by atoms with van der Waals surface area (Å²) in [5.74, 6) is 0.932. The van der Waals surface area contributed by atoms with Gasteiger partial charge in [-0.05, 0) is 38.1 Å². The largest absolute Gasteiger partial charge is 0.490 e. The van der Waals surface area contributed by atoms with Gasteiger partial charge in [0.1, 0.15) is 18.2 Å². The predicted molar refractivity (Wildman–Crippen MR) is 117 cm³/mol. The van der Waals surface area contributed by atoms with Gasteiger partial charge < -0.3 is 24.0 Å². The van der Waals surface area contributed by atoms with Gasteiger partial charge in [0.25, 0.3) is 5.91 Å². The van der Waals surface area contributed by atoms with E-state index in [1.54, 1.807) is 19.1 Å². The van der Waals surface area contributed by atoms with E-state index in [0.717, 1.165) is 5.82 Å². The molecule has 0 spiro atoms. The highest BCUT2D eigenvalue weighted by Gasteiger charge is 2.25. The summed E-state index contributed by atoms with van der Waals surface area (Å²) in [6.07, 6.45) is 1.53. The second kappa shape index (κ2) is 11.3. The molecule has 2 heterocycles. The molecule has 0 saturated carbocycles. The van der Waals surface area contributed by atoms with Crippen molar-refractivity contribution in [2.24, 2.45) is 0 Å². The number of rotatable bonds is 9. The van der Waals surface area contributed by atoms with Crippen molar-refractivity contribution >= 4 is 17.7 Å². The molecule has 3 rings (SSSR count). The summed E-state index contributed by atoms with van der Waals surface area (Å²) in [6.45, 7) is 8.02. The summed E-state index contributed by atoms with van der Waals surface area (Å²) in [5, 5.41) is 0. The van der Waals surface area contributed by atoms with Crippen molar-refractivity contribution in [1.29, 1.82) is 0 Å². The molecule has 1 aromatic carbocycles. The average Bonchev–Trinajstić information content (AvgIpc) is 2.82. The Labute approximate surface area is 182 Å². The fourth-order valence-corrected chi connectivity index (χ4v) is 3.34. The number of hydrogen-bond acceptors (Lipinski definition) is 7. The van der Waals surface area contributed by atoms with Gasteiger partial charge in [-0.1, -0.05) is 12.1 Å². The van der Waals surface area contributed by atoms with Crippen LogP contribution >= 0.6 is 0 Å². The third-order valence-electron chi connectivity index (χ3n) is 4.96. The minimum Gasteiger partial charge on any atom is -0.490 e. The zero-order chi connectivity index (χ0) is 22.1. The monoisotopic (exact) mass is 427 g/mol. The molecule has 0 aliphatic carbocycles. The SMILES string of the molecule is CCOCCOc1ccccc1C(=O)N1CCN(c2ccc(C(=O)OCC)cn2)CC1. The number of carbonyl (C=O) groups excluding carboxylic acids is 2. The molecule has 0 N–H and O–H groups in total. The van der Waals surface area contributed by atoms with Gasteiger partial charge >= 0.3 is 5.97 Å². The van der Waals surface area contributed by atoms with Crippen LogP contribution in [0.2, 0.25) is 0 Å². The molecule has 1 amide bonds. The van der Waals surface area contributed by atoms with Crippen LogP contribution in [0.4, 0.5) is 5.82 Å². The Kier molecular flexibility index (Phi) is 8.23. The minimum absolute atomic E-state index is 0.0442. The van der Waals surface area contributed by atoms with Gasteiger partial charge in [0.05, 0.1) is 24.3 Å². The second-order valence-corrected chi connectivity index (χ2v) is 6.95. The Morgan fingerprint density at radius 1 is 0.968 bits per heavy atom. The number of pyridine rings is 1. The lowest BCUT2D eigenvalue weighted by molar-refractivity contribution is 0.0525. The van der Waals surface area contributed by atoms with Crippen molar-refractivity contribution in [3.8, 4) is 5.75 Å². The van der Waals surface area contributed by atoms with Gasteiger partial charge in [-0.3, -0.25) is 4.79 Å². The number of esters is 1. The normalized spacial score (nSPS) is 13.7. The first kappa shape index (κ1) is 22.6. The molecule has 2 aromatic rings. The molecular weight excluding hydrogens is 398 g/mol. The molecule has 0 bridgehead atoms. The lowest BCUT2D eigenvalue weighted by Gasteiger charge is -2.35. The first-order chi connectivity index (χ1) is 15.1. The van der Waals surface area contributed by atoms with Crippen molar-refractivity contribution in [3.63, 3.8) is 0 Å². The zero-order valence-corrected chi connectivity index (χ0v) is 18.1. The zero-order valence-electron chi connectivity index (χ0n) is 18.1. The highest BCUT2D eigenvalue weighted by atomic mass is 16.5. The van der Waals surface area contributed by atoms with Gasteiger partial charge in [-0.2, -0.15) is 0 Å². The van der Waals surface area contributed by atoms with Gasteiger partial charge in [-0.15, -0.1) is 0 Å². The number of nitrogens with zero attached hydrogens (tertiary/aromatic N) is 3. The lowest BCUT2D eigenvalue weighted by Crippen LogP contribution is -2.49. The highest BCUT2D eigenvalue weighted by Crippen LogP contribution is 2.22. The summed E-state index contributed by atoms with van der Waals surface area (Å²) < 4.78 is 16.0. The Balaban J connectivity index is 1.57. The Hall–Kier alpha value is -3.13. The first-order valence-electron chi connectivity index (χ1n) is 10.6. The minimum atomic E-state index is -0.376. The molecular formula is C23H29N3O5. The molecule has 0 atom stereocenters. The summed E-state index contributed by atoms with van der Waals surface area (Å²) in [4.78, 5) is 33.2. The van der Waals surface area contributed by atoms with Crippen molar-refractivity contribution < 1.29 is 23.8 Å². The topological polar surface area (TPSA) is 81.2 Å². The van der Waals surface area contributed by atoms with Crippen LogP contribution in [-0.2, 0) is 9.47 Å². The molecule has 1 aliphatic rings. The van der Waals surface area contributed by atoms with Gasteiger partial charge in [0.15, 0.2) is 0 Å². The van der Waals surface area contributed by atoms with Crippen molar-refractivity contribution in [2.75, 3.05) is 57.5 Å². The van der Waals surface area contributed by atoms with E-state index in [0.29, 0.717) is 69.5 Å². The molecule has 0 radical (unpaired) electrons. The fraction of sp³-hybridized carbons (Fsp3) is 0.435. The van der Waals surface area contributed by atoms with Crippen LogP contribution in [0.3, 0.4) is 0 Å². The number of carbonyl (C=O) groups is 2. The molecule has 1 saturated heterocycles. The molecule has 8 nitrogen and oxygen atoms in total. The summed E-state index contributed by atoms with van der Waals surface area (Å²) in [7, 11) is 0. The quantitative estimate of drug-likeness (QED) is 0.449. The molecule has 1 aliphatic heterocycles. The fourth-order valence-electron chi connectivity index (χ4n) is 3.34. The lowest BCUT2D eigenvalue weighted by atomic mass is 10.1. The summed E-state index contributed by atoms with van der Waals surface area (Å²) >= 11 is 0. The van der Waals surface area contributed by atoms with Crippen molar-refractivity contribution in [3.05, 3.63) is 53.7 Å². The second-order valence-electron chi connectivity index (χ2n) is 6.95. The average molecular weight is 428 g/mol. The number of amides is 1. The number of aromatic nitrogens is 1. The van der Waals surface area contributed by atoms with Crippen LogP contribution in [0.1, 0.15) is 34.6 Å². The third kappa shape index (κ3) is 5.95. The predicted octanol–water partition coefficient (Wildman–Crippen LogP) is 2.64. The van der Waals surface area contributed by atoms with Crippen LogP contribution in [0.5, 0.6) is 5.75 Å². The third-order valence-corrected chi connectivity index (χ3v) is 4.96. The number of piperazine rings is 1. The van der Waals surface area contributed by atoms with E-state index < -0.39 is 0 Å². The molecule has 8 heteroatoms. The Morgan fingerprint density at radius 2 is 1.74 bits per heavy atom. The van der Waals surface area contributed by atoms with Gasteiger partial charge in [0.2, 0.25) is 0 Å².